The Kier molecular flexibility index (Phi) is 4.49. The van der Waals surface area contributed by atoms with Crippen LogP contribution < -0.4 is 0 Å². The van der Waals surface area contributed by atoms with E-state index in [0.717, 1.165) is 12.1 Å². The molecule has 0 heterocycles. The molecule has 1 rings (SSSR count). The third-order valence-electron chi connectivity index (χ3n) is 3.71. The molecule has 0 radical (unpaired) electrons. The molecule has 0 aliphatic carbocycles. The van der Waals surface area contributed by atoms with Crippen molar-refractivity contribution in [3.8, 4) is 0 Å². The molecule has 0 aromatic heterocycles. The van der Waals surface area contributed by atoms with Crippen LogP contribution in [-0.4, -0.2) is 28.6 Å². The van der Waals surface area contributed by atoms with E-state index in [2.05, 4.69) is 0 Å². The van der Waals surface area contributed by atoms with Gasteiger partial charge in [-0.15, -0.1) is 0 Å². The zero-order valence-electron chi connectivity index (χ0n) is 11.8. The summed E-state index contributed by atoms with van der Waals surface area (Å²) in [6.45, 7) is 4.86. The predicted octanol–water partition coefficient (Wildman–Crippen LogP) is 3.56. The van der Waals surface area contributed by atoms with Gasteiger partial charge in [-0.3, -0.25) is 9.69 Å². The van der Waals surface area contributed by atoms with Crippen LogP contribution in [0, 0.1) is 0 Å². The van der Waals surface area contributed by atoms with Crippen LogP contribution in [0.25, 0.3) is 0 Å². The lowest BCUT2D eigenvalue weighted by Crippen LogP contribution is -2.48. The molecule has 0 aliphatic rings. The second-order valence-corrected chi connectivity index (χ2v) is 5.27. The highest BCUT2D eigenvalue weighted by molar-refractivity contribution is 5.77. The number of carbonyl (C=O) groups is 1. The summed E-state index contributed by atoms with van der Waals surface area (Å²) in [7, 11) is 1.64. The molecule has 0 spiro atoms. The fourth-order valence-corrected chi connectivity index (χ4v) is 1.81. The van der Waals surface area contributed by atoms with Gasteiger partial charge in [0.05, 0.1) is 5.56 Å². The summed E-state index contributed by atoms with van der Waals surface area (Å²) < 4.78 is 37.5. The summed E-state index contributed by atoms with van der Waals surface area (Å²) in [4.78, 5) is 12.8. The summed E-state index contributed by atoms with van der Waals surface area (Å²) in [5.74, 6) is -0.987. The number of rotatable bonds is 4. The van der Waals surface area contributed by atoms with Gasteiger partial charge < -0.3 is 5.11 Å². The Labute approximate surface area is 116 Å². The lowest BCUT2D eigenvalue weighted by atomic mass is 9.97. The highest BCUT2D eigenvalue weighted by Gasteiger charge is 2.35. The lowest BCUT2D eigenvalue weighted by Gasteiger charge is -2.36. The van der Waals surface area contributed by atoms with Gasteiger partial charge in [0.2, 0.25) is 0 Å². The van der Waals surface area contributed by atoms with Crippen LogP contribution in [-0.2, 0) is 11.0 Å². The van der Waals surface area contributed by atoms with Gasteiger partial charge in [0.25, 0.3) is 0 Å². The van der Waals surface area contributed by atoms with Crippen molar-refractivity contribution in [3.63, 3.8) is 0 Å². The number of benzene rings is 1. The Morgan fingerprint density at radius 2 is 1.65 bits per heavy atom. The standard InChI is InChI=1S/C14H18F3NO2/c1-9(18(4)13(2,3)12(19)20)10-5-7-11(8-6-10)14(15,16)17/h5-9H,1-4H3,(H,19,20). The molecule has 1 unspecified atom stereocenters. The van der Waals surface area contributed by atoms with E-state index >= 15 is 0 Å². The average molecular weight is 289 g/mol. The van der Waals surface area contributed by atoms with E-state index in [9.17, 15) is 18.0 Å². The third kappa shape index (κ3) is 3.30. The van der Waals surface area contributed by atoms with E-state index in [-0.39, 0.29) is 6.04 Å². The Morgan fingerprint density at radius 1 is 1.20 bits per heavy atom. The molecule has 0 amide bonds. The van der Waals surface area contributed by atoms with Gasteiger partial charge in [0.15, 0.2) is 0 Å². The molecule has 0 saturated heterocycles. The molecular weight excluding hydrogens is 271 g/mol. The van der Waals surface area contributed by atoms with E-state index in [1.807, 2.05) is 0 Å². The van der Waals surface area contributed by atoms with Gasteiger partial charge in [-0.25, -0.2) is 0 Å². The highest BCUT2D eigenvalue weighted by atomic mass is 19.4. The second-order valence-electron chi connectivity index (χ2n) is 5.27. The molecule has 1 aromatic carbocycles. The first-order chi connectivity index (χ1) is 8.98. The summed E-state index contributed by atoms with van der Waals surface area (Å²) in [5, 5.41) is 9.17. The number of hydrogen-bond donors (Lipinski definition) is 1. The Hall–Kier alpha value is -1.56. The van der Waals surface area contributed by atoms with Crippen molar-refractivity contribution in [2.24, 2.45) is 0 Å². The molecule has 1 N–H and O–H groups in total. The monoisotopic (exact) mass is 289 g/mol. The highest BCUT2D eigenvalue weighted by Crippen LogP contribution is 2.32. The molecule has 1 atom stereocenters. The quantitative estimate of drug-likeness (QED) is 0.921. The maximum atomic E-state index is 12.5. The molecule has 3 nitrogen and oxygen atoms in total. The lowest BCUT2D eigenvalue weighted by molar-refractivity contribution is -0.149. The molecule has 1 aromatic rings. The summed E-state index contributed by atoms with van der Waals surface area (Å²) in [6, 6.07) is 4.45. The van der Waals surface area contributed by atoms with Crippen LogP contribution in [0.3, 0.4) is 0 Å². The largest absolute Gasteiger partial charge is 0.480 e. The molecule has 6 heteroatoms. The summed E-state index contributed by atoms with van der Waals surface area (Å²) in [5.41, 5.74) is -1.19. The SMILES string of the molecule is CC(c1ccc(C(F)(F)F)cc1)N(C)C(C)(C)C(=O)O. The molecular formula is C14H18F3NO2. The maximum absolute atomic E-state index is 12.5. The minimum absolute atomic E-state index is 0.316. The minimum atomic E-state index is -4.37. The van der Waals surface area contributed by atoms with Crippen molar-refractivity contribution < 1.29 is 23.1 Å². The van der Waals surface area contributed by atoms with Crippen LogP contribution in [0.1, 0.15) is 37.9 Å². The topological polar surface area (TPSA) is 40.5 Å². The normalized spacial score (nSPS) is 14.4. The Balaban J connectivity index is 2.99. The first-order valence-electron chi connectivity index (χ1n) is 6.11. The van der Waals surface area contributed by atoms with E-state index in [1.165, 1.54) is 12.1 Å². The number of aliphatic carboxylic acids is 1. The number of hydrogen-bond acceptors (Lipinski definition) is 2. The van der Waals surface area contributed by atoms with E-state index in [0.29, 0.717) is 5.56 Å². The molecule has 0 aliphatic heterocycles. The maximum Gasteiger partial charge on any atom is 0.416 e. The van der Waals surface area contributed by atoms with Crippen LogP contribution in [0.4, 0.5) is 13.2 Å². The molecule has 112 valence electrons. The first kappa shape index (κ1) is 16.5. The Morgan fingerprint density at radius 3 is 2.00 bits per heavy atom. The van der Waals surface area contributed by atoms with Gasteiger partial charge >= 0.3 is 12.1 Å². The van der Waals surface area contributed by atoms with E-state index in [4.69, 9.17) is 5.11 Å². The molecule has 0 bridgehead atoms. The third-order valence-corrected chi connectivity index (χ3v) is 3.71. The number of likely N-dealkylation sites (N-methyl/N-ethyl adjacent to an activating group) is 1. The minimum Gasteiger partial charge on any atom is -0.480 e. The Bertz CT molecular complexity index is 480. The van der Waals surface area contributed by atoms with E-state index in [1.54, 1.807) is 32.7 Å². The zero-order chi connectivity index (χ0) is 15.7. The number of nitrogens with zero attached hydrogens (tertiary/aromatic N) is 1. The van der Waals surface area contributed by atoms with Crippen LogP contribution in [0.5, 0.6) is 0 Å². The molecule has 0 fully saturated rings. The van der Waals surface area contributed by atoms with Gasteiger partial charge in [0, 0.05) is 6.04 Å². The van der Waals surface area contributed by atoms with Crippen molar-refractivity contribution in [2.45, 2.75) is 38.5 Å². The van der Waals surface area contributed by atoms with Gasteiger partial charge in [-0.1, -0.05) is 12.1 Å². The van der Waals surface area contributed by atoms with Crippen LogP contribution >= 0.6 is 0 Å². The van der Waals surface area contributed by atoms with Crippen molar-refractivity contribution in [3.05, 3.63) is 35.4 Å². The summed E-state index contributed by atoms with van der Waals surface area (Å²) in [6.07, 6.45) is -4.37. The summed E-state index contributed by atoms with van der Waals surface area (Å²) >= 11 is 0. The smallest absolute Gasteiger partial charge is 0.416 e. The van der Waals surface area contributed by atoms with Crippen molar-refractivity contribution >= 4 is 5.97 Å². The van der Waals surface area contributed by atoms with Gasteiger partial charge in [-0.05, 0) is 45.5 Å². The van der Waals surface area contributed by atoms with Crippen molar-refractivity contribution in [1.82, 2.24) is 4.90 Å². The average Bonchev–Trinajstić information content (AvgIpc) is 2.35. The predicted molar refractivity (Wildman–Crippen MR) is 69.3 cm³/mol. The van der Waals surface area contributed by atoms with Crippen molar-refractivity contribution in [2.75, 3.05) is 7.05 Å². The number of carboxylic acid groups (broad SMARTS) is 1. The fraction of sp³-hybridized carbons (Fsp3) is 0.500. The molecule has 0 saturated carbocycles. The second kappa shape index (κ2) is 5.44. The van der Waals surface area contributed by atoms with Crippen LogP contribution in [0.15, 0.2) is 24.3 Å². The van der Waals surface area contributed by atoms with Gasteiger partial charge in [-0.2, -0.15) is 13.2 Å². The van der Waals surface area contributed by atoms with Gasteiger partial charge in [0.1, 0.15) is 5.54 Å². The molecule has 20 heavy (non-hydrogen) atoms. The fourth-order valence-electron chi connectivity index (χ4n) is 1.81. The van der Waals surface area contributed by atoms with Crippen molar-refractivity contribution in [1.29, 1.82) is 0 Å². The number of halogens is 3. The van der Waals surface area contributed by atoms with E-state index < -0.39 is 23.2 Å². The van der Waals surface area contributed by atoms with Crippen LogP contribution in [0.2, 0.25) is 0 Å². The number of carboxylic acids is 1. The zero-order valence-corrected chi connectivity index (χ0v) is 11.8. The first-order valence-corrected chi connectivity index (χ1v) is 6.11. The number of alkyl halides is 3.